The average Bonchev–Trinajstić information content (AvgIpc) is 2.30. The first-order valence-electron chi connectivity index (χ1n) is 5.49. The van der Waals surface area contributed by atoms with E-state index in [0.29, 0.717) is 13.1 Å². The number of benzene rings is 1. The molecule has 0 bridgehead atoms. The molecule has 0 aliphatic heterocycles. The fourth-order valence-corrected chi connectivity index (χ4v) is 2.12. The lowest BCUT2D eigenvalue weighted by molar-refractivity contribution is 0.189. The minimum absolute atomic E-state index is 0.300. The van der Waals surface area contributed by atoms with Crippen LogP contribution in [0.5, 0.6) is 0 Å². The minimum Gasteiger partial charge on any atom is -0.390 e. The van der Waals surface area contributed by atoms with Crippen molar-refractivity contribution in [1.82, 2.24) is 0 Å². The van der Waals surface area contributed by atoms with Gasteiger partial charge in [0, 0.05) is 30.7 Å². The monoisotopic (exact) mass is 240 g/mol. The fourth-order valence-electron chi connectivity index (χ4n) is 1.46. The topological polar surface area (TPSA) is 49.5 Å². The predicted octanol–water partition coefficient (Wildman–Crippen LogP) is 1.55. The van der Waals surface area contributed by atoms with E-state index in [0.717, 1.165) is 11.4 Å². The Hall–Kier alpha value is -0.710. The van der Waals surface area contributed by atoms with Crippen LogP contribution in [0, 0.1) is 0 Å². The lowest BCUT2D eigenvalue weighted by atomic mass is 10.2. The van der Waals surface area contributed by atoms with E-state index in [1.54, 1.807) is 0 Å². The first-order valence-corrected chi connectivity index (χ1v) is 6.48. The van der Waals surface area contributed by atoms with Gasteiger partial charge in [0.05, 0.1) is 6.10 Å². The van der Waals surface area contributed by atoms with Crippen molar-refractivity contribution in [3.8, 4) is 0 Å². The van der Waals surface area contributed by atoms with E-state index in [9.17, 15) is 5.11 Å². The predicted molar refractivity (Wildman–Crippen MR) is 71.2 cm³/mol. The molecular weight excluding hydrogens is 220 g/mol. The van der Waals surface area contributed by atoms with Crippen LogP contribution in [0.4, 0.5) is 5.69 Å². The average molecular weight is 240 g/mol. The molecule has 90 valence electrons. The van der Waals surface area contributed by atoms with Crippen LogP contribution < -0.4 is 10.6 Å². The molecule has 1 atom stereocenters. The van der Waals surface area contributed by atoms with Crippen molar-refractivity contribution in [1.29, 1.82) is 0 Å². The summed E-state index contributed by atoms with van der Waals surface area (Å²) in [6.07, 6.45) is -0.463. The molecular formula is C12H20N2OS. The quantitative estimate of drug-likeness (QED) is 0.741. The van der Waals surface area contributed by atoms with Crippen molar-refractivity contribution in [2.75, 3.05) is 30.8 Å². The maximum Gasteiger partial charge on any atom is 0.0836 e. The van der Waals surface area contributed by atoms with Gasteiger partial charge in [0.1, 0.15) is 0 Å². The van der Waals surface area contributed by atoms with Crippen LogP contribution in [-0.4, -0.2) is 37.1 Å². The summed E-state index contributed by atoms with van der Waals surface area (Å²) in [4.78, 5) is 3.29. The van der Waals surface area contributed by atoms with Crippen molar-refractivity contribution in [3.63, 3.8) is 0 Å². The lowest BCUT2D eigenvalue weighted by Crippen LogP contribution is -2.34. The number of likely N-dealkylation sites (N-methyl/N-ethyl adjacent to an activating group) is 1. The van der Waals surface area contributed by atoms with Gasteiger partial charge in [-0.05, 0) is 30.0 Å². The van der Waals surface area contributed by atoms with Gasteiger partial charge in [0.15, 0.2) is 0 Å². The Morgan fingerprint density at radius 2 is 2.00 bits per heavy atom. The summed E-state index contributed by atoms with van der Waals surface area (Å²) >= 11 is 1.83. The number of anilines is 1. The van der Waals surface area contributed by atoms with Gasteiger partial charge in [-0.3, -0.25) is 0 Å². The number of thioether (sulfide) groups is 1. The Morgan fingerprint density at radius 3 is 2.50 bits per heavy atom. The summed E-state index contributed by atoms with van der Waals surface area (Å²) in [5.74, 6) is 1.08. The molecule has 1 aromatic carbocycles. The Bertz CT molecular complexity index is 302. The molecule has 3 nitrogen and oxygen atoms in total. The summed E-state index contributed by atoms with van der Waals surface area (Å²) in [6.45, 7) is 3.01. The highest BCUT2D eigenvalue weighted by atomic mass is 32.2. The van der Waals surface area contributed by atoms with Crippen LogP contribution in [0.1, 0.15) is 6.92 Å². The summed E-state index contributed by atoms with van der Waals surface area (Å²) in [5.41, 5.74) is 6.49. The highest BCUT2D eigenvalue weighted by Gasteiger charge is 2.06. The Balaban J connectivity index is 2.59. The van der Waals surface area contributed by atoms with Gasteiger partial charge in [-0.2, -0.15) is 0 Å². The first kappa shape index (κ1) is 13.4. The molecule has 0 aliphatic rings. The van der Waals surface area contributed by atoms with E-state index in [2.05, 4.69) is 31.2 Å². The van der Waals surface area contributed by atoms with Crippen molar-refractivity contribution in [3.05, 3.63) is 24.3 Å². The number of rotatable bonds is 6. The standard InChI is InChI=1S/C12H20N2OS/c1-3-16-12-6-4-10(5-7-12)14(2)9-11(15)8-13/h4-7,11,15H,3,8-9,13H2,1-2H3. The van der Waals surface area contributed by atoms with Gasteiger partial charge in [-0.1, -0.05) is 6.92 Å². The molecule has 0 aliphatic carbocycles. The second-order valence-electron chi connectivity index (χ2n) is 3.70. The van der Waals surface area contributed by atoms with Crippen molar-refractivity contribution < 1.29 is 5.11 Å². The molecule has 3 N–H and O–H groups in total. The lowest BCUT2D eigenvalue weighted by Gasteiger charge is -2.22. The third kappa shape index (κ3) is 4.04. The number of hydrogen-bond acceptors (Lipinski definition) is 4. The maximum atomic E-state index is 9.46. The highest BCUT2D eigenvalue weighted by molar-refractivity contribution is 7.99. The van der Waals surface area contributed by atoms with Gasteiger partial charge < -0.3 is 15.7 Å². The highest BCUT2D eigenvalue weighted by Crippen LogP contribution is 2.21. The van der Waals surface area contributed by atoms with Crippen LogP contribution in [0.2, 0.25) is 0 Å². The van der Waals surface area contributed by atoms with Crippen LogP contribution in [0.15, 0.2) is 29.2 Å². The molecule has 0 heterocycles. The van der Waals surface area contributed by atoms with E-state index in [4.69, 9.17) is 5.73 Å². The number of nitrogens with two attached hydrogens (primary N) is 1. The van der Waals surface area contributed by atoms with Gasteiger partial charge in [0.25, 0.3) is 0 Å². The Kier molecular flexibility index (Phi) is 5.66. The van der Waals surface area contributed by atoms with Crippen LogP contribution in [0.25, 0.3) is 0 Å². The molecule has 0 saturated carbocycles. The van der Waals surface area contributed by atoms with Crippen LogP contribution in [-0.2, 0) is 0 Å². The van der Waals surface area contributed by atoms with Gasteiger partial charge in [-0.15, -0.1) is 11.8 Å². The van der Waals surface area contributed by atoms with E-state index >= 15 is 0 Å². The second-order valence-corrected chi connectivity index (χ2v) is 5.03. The second kappa shape index (κ2) is 6.78. The molecule has 1 aromatic rings. The zero-order chi connectivity index (χ0) is 12.0. The van der Waals surface area contributed by atoms with Crippen molar-refractivity contribution >= 4 is 17.4 Å². The van der Waals surface area contributed by atoms with Gasteiger partial charge in [0.2, 0.25) is 0 Å². The molecule has 0 radical (unpaired) electrons. The molecule has 0 spiro atoms. The zero-order valence-electron chi connectivity index (χ0n) is 9.89. The minimum atomic E-state index is -0.463. The number of aliphatic hydroxyl groups excluding tert-OH is 1. The summed E-state index contributed by atoms with van der Waals surface area (Å²) in [7, 11) is 1.96. The van der Waals surface area contributed by atoms with Gasteiger partial charge >= 0.3 is 0 Å². The zero-order valence-corrected chi connectivity index (χ0v) is 10.7. The summed E-state index contributed by atoms with van der Waals surface area (Å²) in [6, 6.07) is 8.35. The third-order valence-electron chi connectivity index (χ3n) is 2.35. The molecule has 0 saturated heterocycles. The first-order chi connectivity index (χ1) is 7.67. The summed E-state index contributed by atoms with van der Waals surface area (Å²) < 4.78 is 0. The van der Waals surface area contributed by atoms with Crippen LogP contribution >= 0.6 is 11.8 Å². The number of aliphatic hydroxyl groups is 1. The summed E-state index contributed by atoms with van der Waals surface area (Å²) in [5, 5.41) is 9.46. The fraction of sp³-hybridized carbons (Fsp3) is 0.500. The SMILES string of the molecule is CCSc1ccc(N(C)CC(O)CN)cc1. The Labute approximate surface area is 102 Å². The van der Waals surface area contributed by atoms with E-state index < -0.39 is 6.10 Å². The van der Waals surface area contributed by atoms with E-state index in [1.165, 1.54) is 4.90 Å². The van der Waals surface area contributed by atoms with Crippen molar-refractivity contribution in [2.24, 2.45) is 5.73 Å². The largest absolute Gasteiger partial charge is 0.390 e. The van der Waals surface area contributed by atoms with E-state index in [1.807, 2.05) is 23.7 Å². The maximum absolute atomic E-state index is 9.46. The van der Waals surface area contributed by atoms with E-state index in [-0.39, 0.29) is 0 Å². The normalized spacial score (nSPS) is 12.5. The molecule has 16 heavy (non-hydrogen) atoms. The van der Waals surface area contributed by atoms with Crippen molar-refractivity contribution in [2.45, 2.75) is 17.9 Å². The molecule has 4 heteroatoms. The smallest absolute Gasteiger partial charge is 0.0836 e. The third-order valence-corrected chi connectivity index (χ3v) is 3.24. The molecule has 0 aromatic heterocycles. The Morgan fingerprint density at radius 1 is 1.38 bits per heavy atom. The van der Waals surface area contributed by atoms with Crippen LogP contribution in [0.3, 0.4) is 0 Å². The molecule has 0 amide bonds. The number of hydrogen-bond donors (Lipinski definition) is 2. The van der Waals surface area contributed by atoms with Gasteiger partial charge in [-0.25, -0.2) is 0 Å². The molecule has 1 rings (SSSR count). The molecule has 1 unspecified atom stereocenters. The number of nitrogens with zero attached hydrogens (tertiary/aromatic N) is 1. The molecule has 0 fully saturated rings.